The summed E-state index contributed by atoms with van der Waals surface area (Å²) in [4.78, 5) is 0. The second kappa shape index (κ2) is 7.31. The van der Waals surface area contributed by atoms with Crippen LogP contribution in [0.15, 0.2) is 24.3 Å². The average molecular weight is 289 g/mol. The van der Waals surface area contributed by atoms with Crippen LogP contribution < -0.4 is 10.5 Å². The Bertz CT molecular complexity index is 424. The number of rotatable bonds is 5. The van der Waals surface area contributed by atoms with Crippen molar-refractivity contribution in [3.8, 4) is 5.75 Å². The maximum Gasteiger partial charge on any atom is 0.119 e. The third-order valence-electron chi connectivity index (χ3n) is 4.96. The third kappa shape index (κ3) is 4.23. The van der Waals surface area contributed by atoms with E-state index >= 15 is 0 Å². The third-order valence-corrected chi connectivity index (χ3v) is 4.96. The summed E-state index contributed by atoms with van der Waals surface area (Å²) >= 11 is 0. The van der Waals surface area contributed by atoms with E-state index in [4.69, 9.17) is 10.5 Å². The molecule has 0 aliphatic heterocycles. The molecule has 0 heterocycles. The number of hydrogen-bond acceptors (Lipinski definition) is 2. The summed E-state index contributed by atoms with van der Waals surface area (Å²) in [6, 6.07) is 8.71. The fraction of sp³-hybridized carbons (Fsp3) is 0.684. The van der Waals surface area contributed by atoms with E-state index in [2.05, 4.69) is 52.0 Å². The Hall–Kier alpha value is -1.02. The quantitative estimate of drug-likeness (QED) is 0.860. The van der Waals surface area contributed by atoms with E-state index in [0.29, 0.717) is 11.8 Å². The van der Waals surface area contributed by atoms with Gasteiger partial charge < -0.3 is 10.5 Å². The molecule has 0 aromatic heterocycles. The molecule has 0 amide bonds. The molecule has 1 aromatic rings. The van der Waals surface area contributed by atoms with E-state index in [1.165, 1.54) is 24.8 Å². The molecule has 2 N–H and O–H groups in total. The lowest BCUT2D eigenvalue weighted by Gasteiger charge is -2.37. The van der Waals surface area contributed by atoms with Gasteiger partial charge in [0.2, 0.25) is 0 Å². The lowest BCUT2D eigenvalue weighted by Crippen LogP contribution is -2.30. The first-order valence-corrected chi connectivity index (χ1v) is 8.48. The van der Waals surface area contributed by atoms with E-state index in [0.717, 1.165) is 24.1 Å². The number of hydrogen-bond donors (Lipinski definition) is 1. The first-order chi connectivity index (χ1) is 10.0. The minimum Gasteiger partial charge on any atom is -0.491 e. The van der Waals surface area contributed by atoms with Gasteiger partial charge in [0.1, 0.15) is 5.75 Å². The van der Waals surface area contributed by atoms with Gasteiger partial charge in [-0.15, -0.1) is 0 Å². The number of ether oxygens (including phenoxy) is 1. The highest BCUT2D eigenvalue weighted by atomic mass is 16.5. The van der Waals surface area contributed by atoms with Crippen LogP contribution in [0.1, 0.15) is 58.4 Å². The van der Waals surface area contributed by atoms with Crippen LogP contribution in [0.2, 0.25) is 0 Å². The molecule has 1 aliphatic carbocycles. The molecule has 118 valence electrons. The fourth-order valence-corrected chi connectivity index (χ4v) is 3.63. The molecule has 2 nitrogen and oxygen atoms in total. The molecular weight excluding hydrogens is 258 g/mol. The molecule has 1 aliphatic rings. The number of benzene rings is 1. The van der Waals surface area contributed by atoms with Crippen LogP contribution in [0.5, 0.6) is 5.75 Å². The van der Waals surface area contributed by atoms with E-state index in [-0.39, 0.29) is 6.10 Å². The van der Waals surface area contributed by atoms with Crippen molar-refractivity contribution in [3.05, 3.63) is 29.8 Å². The first-order valence-electron chi connectivity index (χ1n) is 8.48. The summed E-state index contributed by atoms with van der Waals surface area (Å²) in [6.07, 6.45) is 4.12. The Kier molecular flexibility index (Phi) is 5.69. The van der Waals surface area contributed by atoms with Crippen LogP contribution in [0.4, 0.5) is 0 Å². The zero-order chi connectivity index (χ0) is 15.4. The number of nitrogens with two attached hydrogens (primary N) is 1. The molecule has 0 saturated heterocycles. The second-order valence-electron chi connectivity index (χ2n) is 7.16. The molecule has 1 aromatic carbocycles. The molecule has 2 rings (SSSR count). The molecule has 0 radical (unpaired) electrons. The molecule has 0 spiro atoms. The molecular formula is C19H31NO. The minimum absolute atomic E-state index is 0.229. The summed E-state index contributed by atoms with van der Waals surface area (Å²) in [5.74, 6) is 3.83. The molecule has 21 heavy (non-hydrogen) atoms. The monoisotopic (exact) mass is 289 g/mol. The molecule has 1 saturated carbocycles. The molecule has 2 heteroatoms. The maximum atomic E-state index is 6.02. The second-order valence-corrected chi connectivity index (χ2v) is 7.16. The first kappa shape index (κ1) is 16.4. The van der Waals surface area contributed by atoms with Crippen LogP contribution >= 0.6 is 0 Å². The fourth-order valence-electron chi connectivity index (χ4n) is 3.63. The van der Waals surface area contributed by atoms with Gasteiger partial charge in [-0.25, -0.2) is 0 Å². The van der Waals surface area contributed by atoms with Gasteiger partial charge in [-0.1, -0.05) is 26.0 Å². The molecule has 3 unspecified atom stereocenters. The van der Waals surface area contributed by atoms with Crippen molar-refractivity contribution in [2.45, 2.75) is 59.0 Å². The van der Waals surface area contributed by atoms with Gasteiger partial charge in [0.25, 0.3) is 0 Å². The summed E-state index contributed by atoms with van der Waals surface area (Å²) in [5.41, 5.74) is 7.46. The highest BCUT2D eigenvalue weighted by molar-refractivity contribution is 5.30. The van der Waals surface area contributed by atoms with Gasteiger partial charge >= 0.3 is 0 Å². The van der Waals surface area contributed by atoms with Crippen molar-refractivity contribution < 1.29 is 4.74 Å². The van der Waals surface area contributed by atoms with E-state index in [1.807, 2.05) is 0 Å². The largest absolute Gasteiger partial charge is 0.491 e. The highest BCUT2D eigenvalue weighted by Crippen LogP contribution is 2.43. The van der Waals surface area contributed by atoms with Crippen molar-refractivity contribution in [1.82, 2.24) is 0 Å². The Morgan fingerprint density at radius 2 is 1.76 bits per heavy atom. The van der Waals surface area contributed by atoms with Gasteiger partial charge in [-0.2, -0.15) is 0 Å². The van der Waals surface area contributed by atoms with Gasteiger partial charge in [0, 0.05) is 0 Å². The SMILES string of the molecule is CC(C)Oc1ccc(C2CC(C(C)C)CCC2CN)cc1. The van der Waals surface area contributed by atoms with Crippen LogP contribution in [-0.2, 0) is 0 Å². The predicted molar refractivity (Wildman–Crippen MR) is 89.7 cm³/mol. The lowest BCUT2D eigenvalue weighted by atomic mass is 9.68. The van der Waals surface area contributed by atoms with Gasteiger partial charge in [0.05, 0.1) is 6.10 Å². The summed E-state index contributed by atoms with van der Waals surface area (Å²) in [6.45, 7) is 9.63. The van der Waals surface area contributed by atoms with Crippen LogP contribution in [-0.4, -0.2) is 12.6 Å². The van der Waals surface area contributed by atoms with Crippen LogP contribution in [0.3, 0.4) is 0 Å². The maximum absolute atomic E-state index is 6.02. The van der Waals surface area contributed by atoms with E-state index in [1.54, 1.807) is 0 Å². The van der Waals surface area contributed by atoms with Crippen molar-refractivity contribution in [2.75, 3.05) is 6.54 Å². The highest BCUT2D eigenvalue weighted by Gasteiger charge is 2.31. The molecule has 3 atom stereocenters. The van der Waals surface area contributed by atoms with Crippen molar-refractivity contribution in [2.24, 2.45) is 23.5 Å². The van der Waals surface area contributed by atoms with Crippen molar-refractivity contribution >= 4 is 0 Å². The van der Waals surface area contributed by atoms with Crippen LogP contribution in [0, 0.1) is 17.8 Å². The zero-order valence-electron chi connectivity index (χ0n) is 14.0. The summed E-state index contributed by atoms with van der Waals surface area (Å²) in [7, 11) is 0. The Labute approximate surface area is 130 Å². The van der Waals surface area contributed by atoms with Gasteiger partial charge in [0.15, 0.2) is 0 Å². The molecule has 1 fully saturated rings. The molecule has 0 bridgehead atoms. The Morgan fingerprint density at radius 3 is 2.29 bits per heavy atom. The Balaban J connectivity index is 2.12. The minimum atomic E-state index is 0.229. The predicted octanol–water partition coefficient (Wildman–Crippen LogP) is 4.59. The van der Waals surface area contributed by atoms with Gasteiger partial charge in [-0.05, 0) is 81.0 Å². The van der Waals surface area contributed by atoms with Crippen molar-refractivity contribution in [3.63, 3.8) is 0 Å². The van der Waals surface area contributed by atoms with Gasteiger partial charge in [-0.3, -0.25) is 0 Å². The summed E-state index contributed by atoms with van der Waals surface area (Å²) < 4.78 is 5.74. The summed E-state index contributed by atoms with van der Waals surface area (Å²) in [5, 5.41) is 0. The topological polar surface area (TPSA) is 35.2 Å². The van der Waals surface area contributed by atoms with E-state index < -0.39 is 0 Å². The van der Waals surface area contributed by atoms with E-state index in [9.17, 15) is 0 Å². The zero-order valence-corrected chi connectivity index (χ0v) is 14.0. The standard InChI is InChI=1S/C19H31NO/c1-13(2)16-5-6-17(12-20)19(11-16)15-7-9-18(10-8-15)21-14(3)4/h7-10,13-14,16-17,19H,5-6,11-12,20H2,1-4H3. The normalized spacial score (nSPS) is 26.3. The lowest BCUT2D eigenvalue weighted by molar-refractivity contribution is 0.197. The van der Waals surface area contributed by atoms with Crippen LogP contribution in [0.25, 0.3) is 0 Å². The Morgan fingerprint density at radius 1 is 1.10 bits per heavy atom. The smallest absolute Gasteiger partial charge is 0.119 e. The average Bonchev–Trinajstić information content (AvgIpc) is 2.46. The van der Waals surface area contributed by atoms with Crippen molar-refractivity contribution in [1.29, 1.82) is 0 Å².